The van der Waals surface area contributed by atoms with Gasteiger partial charge in [-0.15, -0.1) is 0 Å². The van der Waals surface area contributed by atoms with Crippen LogP contribution in [0.2, 0.25) is 0 Å². The average molecular weight is 293 g/mol. The highest BCUT2D eigenvalue weighted by atomic mass is 19.1. The molecular weight excluding hydrogens is 273 g/mol. The zero-order valence-electron chi connectivity index (χ0n) is 12.0. The zero-order chi connectivity index (χ0) is 15.5. The van der Waals surface area contributed by atoms with Crippen LogP contribution in [0.25, 0.3) is 0 Å². The summed E-state index contributed by atoms with van der Waals surface area (Å²) in [6.45, 7) is 1.82. The molecule has 1 aliphatic carbocycles. The van der Waals surface area contributed by atoms with Gasteiger partial charge < -0.3 is 16.3 Å². The molecule has 21 heavy (non-hydrogen) atoms. The molecule has 0 bridgehead atoms. The zero-order valence-corrected chi connectivity index (χ0v) is 12.0. The Bertz CT molecular complexity index is 536. The molecule has 0 aromatic heterocycles. The number of carbonyl (C=O) groups excluding carboxylic acids is 1. The summed E-state index contributed by atoms with van der Waals surface area (Å²) >= 11 is 0. The molecular formula is C15H20FN3O2. The molecule has 0 aliphatic heterocycles. The number of nitrogens with two attached hydrogens (primary N) is 1. The quantitative estimate of drug-likeness (QED) is 0.344. The number of oxime groups is 1. The third-order valence-electron chi connectivity index (χ3n) is 4.21. The van der Waals surface area contributed by atoms with Crippen LogP contribution in [0, 0.1) is 11.2 Å². The number of amidine groups is 1. The number of nitrogens with one attached hydrogen (secondary N) is 1. The Morgan fingerprint density at radius 1 is 1.38 bits per heavy atom. The Hall–Kier alpha value is -2.11. The second kappa shape index (κ2) is 6.11. The van der Waals surface area contributed by atoms with E-state index in [9.17, 15) is 9.18 Å². The van der Waals surface area contributed by atoms with E-state index in [0.29, 0.717) is 12.8 Å². The Labute approximate surface area is 123 Å². The molecule has 1 amide bonds. The van der Waals surface area contributed by atoms with Crippen molar-refractivity contribution in [2.75, 3.05) is 0 Å². The summed E-state index contributed by atoms with van der Waals surface area (Å²) in [6, 6.07) is 5.69. The summed E-state index contributed by atoms with van der Waals surface area (Å²) in [4.78, 5) is 12.6. The molecule has 1 aromatic rings. The van der Waals surface area contributed by atoms with Gasteiger partial charge >= 0.3 is 0 Å². The standard InChI is InChI=1S/C15H20FN3O2/c1-10(11-4-6-12(16)7-5-11)18-14(20)15(13(17)19-21)8-2-3-9-15/h4-7,10,21H,2-3,8-9H2,1H3,(H2,17,19)(H,18,20). The number of nitrogens with zero attached hydrogens (tertiary/aromatic N) is 1. The molecule has 4 N–H and O–H groups in total. The summed E-state index contributed by atoms with van der Waals surface area (Å²) in [5, 5.41) is 14.9. The van der Waals surface area contributed by atoms with E-state index in [-0.39, 0.29) is 23.6 Å². The molecule has 0 radical (unpaired) electrons. The summed E-state index contributed by atoms with van der Waals surface area (Å²) in [7, 11) is 0. The van der Waals surface area contributed by atoms with E-state index < -0.39 is 5.41 Å². The van der Waals surface area contributed by atoms with Gasteiger partial charge in [-0.1, -0.05) is 30.1 Å². The lowest BCUT2D eigenvalue weighted by Gasteiger charge is -2.28. The molecule has 1 aromatic carbocycles. The van der Waals surface area contributed by atoms with Gasteiger partial charge in [-0.2, -0.15) is 0 Å². The molecule has 1 fully saturated rings. The number of halogens is 1. The monoisotopic (exact) mass is 293 g/mol. The second-order valence-electron chi connectivity index (χ2n) is 5.52. The number of hydrogen-bond donors (Lipinski definition) is 3. The molecule has 1 saturated carbocycles. The van der Waals surface area contributed by atoms with Crippen LogP contribution in [0.4, 0.5) is 4.39 Å². The summed E-state index contributed by atoms with van der Waals surface area (Å²) < 4.78 is 12.9. The Morgan fingerprint density at radius 2 is 1.95 bits per heavy atom. The summed E-state index contributed by atoms with van der Waals surface area (Å²) in [6.07, 6.45) is 2.89. The maximum Gasteiger partial charge on any atom is 0.234 e. The Morgan fingerprint density at radius 3 is 2.48 bits per heavy atom. The van der Waals surface area contributed by atoms with Crippen LogP contribution in [0.5, 0.6) is 0 Å². The number of rotatable bonds is 4. The number of carbonyl (C=O) groups is 1. The van der Waals surface area contributed by atoms with Gasteiger partial charge in [0.25, 0.3) is 0 Å². The largest absolute Gasteiger partial charge is 0.409 e. The van der Waals surface area contributed by atoms with Gasteiger partial charge in [0.2, 0.25) is 5.91 Å². The fourth-order valence-electron chi connectivity index (χ4n) is 2.84. The van der Waals surface area contributed by atoms with E-state index in [1.165, 1.54) is 12.1 Å². The van der Waals surface area contributed by atoms with Crippen molar-refractivity contribution < 1.29 is 14.4 Å². The predicted molar refractivity (Wildman–Crippen MR) is 77.3 cm³/mol. The normalized spacial score (nSPS) is 19.2. The Kier molecular flexibility index (Phi) is 4.45. The van der Waals surface area contributed by atoms with Gasteiger partial charge in [0.1, 0.15) is 11.2 Å². The highest BCUT2D eigenvalue weighted by Gasteiger charge is 2.45. The lowest BCUT2D eigenvalue weighted by molar-refractivity contribution is -0.128. The van der Waals surface area contributed by atoms with Crippen molar-refractivity contribution in [1.29, 1.82) is 0 Å². The molecule has 2 rings (SSSR count). The smallest absolute Gasteiger partial charge is 0.234 e. The third kappa shape index (κ3) is 2.99. The number of hydrogen-bond acceptors (Lipinski definition) is 3. The van der Waals surface area contributed by atoms with Crippen molar-refractivity contribution in [3.63, 3.8) is 0 Å². The summed E-state index contributed by atoms with van der Waals surface area (Å²) in [5.74, 6) is -0.600. The minimum Gasteiger partial charge on any atom is -0.409 e. The molecule has 0 spiro atoms. The van der Waals surface area contributed by atoms with Crippen LogP contribution in [0.3, 0.4) is 0 Å². The van der Waals surface area contributed by atoms with E-state index in [4.69, 9.17) is 10.9 Å². The van der Waals surface area contributed by atoms with Gasteiger partial charge in [-0.25, -0.2) is 4.39 Å². The van der Waals surface area contributed by atoms with Crippen LogP contribution in [0.1, 0.15) is 44.2 Å². The fourth-order valence-corrected chi connectivity index (χ4v) is 2.84. The van der Waals surface area contributed by atoms with Crippen molar-refractivity contribution in [2.24, 2.45) is 16.3 Å². The molecule has 0 heterocycles. The number of amides is 1. The third-order valence-corrected chi connectivity index (χ3v) is 4.21. The van der Waals surface area contributed by atoms with E-state index in [0.717, 1.165) is 18.4 Å². The topological polar surface area (TPSA) is 87.7 Å². The predicted octanol–water partition coefficient (Wildman–Crippen LogP) is 2.31. The minimum atomic E-state index is -0.928. The maximum atomic E-state index is 12.9. The van der Waals surface area contributed by atoms with Crippen LogP contribution in [-0.4, -0.2) is 17.0 Å². The average Bonchev–Trinajstić information content (AvgIpc) is 2.97. The van der Waals surface area contributed by atoms with Gasteiger partial charge in [-0.05, 0) is 37.5 Å². The molecule has 1 unspecified atom stereocenters. The minimum absolute atomic E-state index is 0.0381. The van der Waals surface area contributed by atoms with Gasteiger partial charge in [0, 0.05) is 0 Å². The lowest BCUT2D eigenvalue weighted by Crippen LogP contribution is -2.48. The van der Waals surface area contributed by atoms with Crippen LogP contribution < -0.4 is 11.1 Å². The molecule has 6 heteroatoms. The molecule has 0 saturated heterocycles. The van der Waals surface area contributed by atoms with E-state index >= 15 is 0 Å². The van der Waals surface area contributed by atoms with E-state index in [1.54, 1.807) is 12.1 Å². The van der Waals surface area contributed by atoms with Crippen LogP contribution >= 0.6 is 0 Å². The molecule has 5 nitrogen and oxygen atoms in total. The summed E-state index contributed by atoms with van der Waals surface area (Å²) in [5.41, 5.74) is 5.61. The molecule has 114 valence electrons. The second-order valence-corrected chi connectivity index (χ2v) is 5.52. The van der Waals surface area contributed by atoms with Gasteiger partial charge in [0.05, 0.1) is 6.04 Å². The van der Waals surface area contributed by atoms with Crippen LogP contribution in [-0.2, 0) is 4.79 Å². The highest BCUT2D eigenvalue weighted by Crippen LogP contribution is 2.39. The first kappa shape index (κ1) is 15.3. The highest BCUT2D eigenvalue weighted by molar-refractivity contribution is 6.07. The first-order valence-corrected chi connectivity index (χ1v) is 7.04. The van der Waals surface area contributed by atoms with E-state index in [1.807, 2.05) is 6.92 Å². The van der Waals surface area contributed by atoms with Crippen molar-refractivity contribution in [3.8, 4) is 0 Å². The van der Waals surface area contributed by atoms with Crippen molar-refractivity contribution in [1.82, 2.24) is 5.32 Å². The van der Waals surface area contributed by atoms with Crippen molar-refractivity contribution >= 4 is 11.7 Å². The lowest BCUT2D eigenvalue weighted by atomic mass is 9.83. The molecule has 1 atom stereocenters. The van der Waals surface area contributed by atoms with Gasteiger partial charge in [0.15, 0.2) is 5.84 Å². The number of benzene rings is 1. The first-order valence-electron chi connectivity index (χ1n) is 7.04. The van der Waals surface area contributed by atoms with E-state index in [2.05, 4.69) is 10.5 Å². The first-order chi connectivity index (χ1) is 9.99. The fraction of sp³-hybridized carbons (Fsp3) is 0.467. The molecule has 1 aliphatic rings. The van der Waals surface area contributed by atoms with Gasteiger partial charge in [-0.3, -0.25) is 4.79 Å². The van der Waals surface area contributed by atoms with Crippen LogP contribution in [0.15, 0.2) is 29.4 Å². The van der Waals surface area contributed by atoms with Crippen molar-refractivity contribution in [3.05, 3.63) is 35.6 Å². The Balaban J connectivity index is 2.14. The SMILES string of the molecule is CC(NC(=O)C1(C(N)=NO)CCCC1)c1ccc(F)cc1. The maximum absolute atomic E-state index is 12.9. The van der Waals surface area contributed by atoms with Crippen molar-refractivity contribution in [2.45, 2.75) is 38.6 Å².